The fourth-order valence-corrected chi connectivity index (χ4v) is 2.42. The Morgan fingerprint density at radius 3 is 2.38 bits per heavy atom. The minimum Gasteiger partial charge on any atom is -0.271 e. The minimum absolute atomic E-state index is 0.177. The van der Waals surface area contributed by atoms with Crippen LogP contribution in [0, 0.1) is 0 Å². The highest BCUT2D eigenvalue weighted by molar-refractivity contribution is 7.94. The third-order valence-electron chi connectivity index (χ3n) is 1.67. The molecule has 0 N–H and O–H groups in total. The molecular weight excluding hydrogens is 260 g/mol. The summed E-state index contributed by atoms with van der Waals surface area (Å²) >= 11 is 5.14. The van der Waals surface area contributed by atoms with Gasteiger partial charge < -0.3 is 0 Å². The Morgan fingerprint density at radius 2 is 1.94 bits per heavy atom. The lowest BCUT2D eigenvalue weighted by molar-refractivity contribution is -0.115. The molecule has 1 rings (SSSR count). The van der Waals surface area contributed by atoms with Crippen LogP contribution in [-0.2, 0) is 14.5 Å². The molecule has 0 bridgehead atoms. The van der Waals surface area contributed by atoms with E-state index in [0.717, 1.165) is 0 Å². The predicted molar refractivity (Wildman–Crippen MR) is 57.0 cm³/mol. The van der Waals surface area contributed by atoms with E-state index in [4.69, 9.17) is 11.6 Å². The van der Waals surface area contributed by atoms with Crippen LogP contribution in [0.3, 0.4) is 0 Å². The number of carbonyl (C=O) groups excluding carboxylic acids is 1. The maximum atomic E-state index is 12.7. The summed E-state index contributed by atoms with van der Waals surface area (Å²) < 4.78 is 40.3. The molecule has 0 aliphatic carbocycles. The van der Waals surface area contributed by atoms with Gasteiger partial charge in [0, 0.05) is 0 Å². The molecular formula is C9H8ClF2NO2S. The standard InChI is InChI=1S/C9H8ClF2NO2S/c10-6-8(14)13-16(15,9(11)12)7-4-2-1-3-5-7/h1-5,9H,6H2. The van der Waals surface area contributed by atoms with Gasteiger partial charge >= 0.3 is 5.76 Å². The molecule has 88 valence electrons. The van der Waals surface area contributed by atoms with Crippen LogP contribution in [-0.4, -0.2) is 21.8 Å². The third kappa shape index (κ3) is 2.76. The Labute approximate surface area is 96.6 Å². The molecule has 0 spiro atoms. The van der Waals surface area contributed by atoms with Gasteiger partial charge in [-0.25, -0.2) is 4.21 Å². The van der Waals surface area contributed by atoms with Crippen molar-refractivity contribution in [3.63, 3.8) is 0 Å². The number of alkyl halides is 3. The predicted octanol–water partition coefficient (Wildman–Crippen LogP) is 2.50. The van der Waals surface area contributed by atoms with Gasteiger partial charge in [-0.05, 0) is 12.1 Å². The average molecular weight is 268 g/mol. The number of hydrogen-bond acceptors (Lipinski definition) is 2. The quantitative estimate of drug-likeness (QED) is 0.790. The van der Waals surface area contributed by atoms with Crippen LogP contribution >= 0.6 is 11.6 Å². The van der Waals surface area contributed by atoms with Crippen LogP contribution < -0.4 is 0 Å². The number of amides is 1. The molecule has 1 amide bonds. The average Bonchev–Trinajstić information content (AvgIpc) is 2.29. The van der Waals surface area contributed by atoms with Gasteiger partial charge in [-0.2, -0.15) is 13.1 Å². The van der Waals surface area contributed by atoms with Gasteiger partial charge in [-0.3, -0.25) is 4.79 Å². The monoisotopic (exact) mass is 267 g/mol. The first-order chi connectivity index (χ1) is 7.50. The molecule has 0 aliphatic rings. The molecule has 16 heavy (non-hydrogen) atoms. The number of rotatable bonds is 3. The van der Waals surface area contributed by atoms with Crippen LogP contribution in [0.15, 0.2) is 39.6 Å². The van der Waals surface area contributed by atoms with E-state index in [2.05, 4.69) is 4.36 Å². The van der Waals surface area contributed by atoms with E-state index in [9.17, 15) is 17.8 Å². The van der Waals surface area contributed by atoms with E-state index in [-0.39, 0.29) is 4.90 Å². The number of carbonyl (C=O) groups is 1. The summed E-state index contributed by atoms with van der Waals surface area (Å²) in [4.78, 5) is 10.7. The Kier molecular flexibility index (Phi) is 4.37. The molecule has 0 aliphatic heterocycles. The van der Waals surface area contributed by atoms with Crippen LogP contribution in [0.4, 0.5) is 8.78 Å². The maximum absolute atomic E-state index is 12.7. The number of nitrogens with zero attached hydrogens (tertiary/aromatic N) is 1. The molecule has 1 unspecified atom stereocenters. The number of hydrogen-bond donors (Lipinski definition) is 0. The zero-order valence-corrected chi connectivity index (χ0v) is 9.55. The van der Waals surface area contributed by atoms with E-state index in [1.807, 2.05) is 0 Å². The normalized spacial score (nSPS) is 14.5. The van der Waals surface area contributed by atoms with E-state index in [1.165, 1.54) is 24.3 Å². The van der Waals surface area contributed by atoms with Crippen molar-refractivity contribution in [3.05, 3.63) is 30.3 Å². The fraction of sp³-hybridized carbons (Fsp3) is 0.222. The zero-order chi connectivity index (χ0) is 12.2. The van der Waals surface area contributed by atoms with Crippen molar-refractivity contribution in [2.24, 2.45) is 4.36 Å². The summed E-state index contributed by atoms with van der Waals surface area (Å²) in [6, 6.07) is 6.94. The maximum Gasteiger partial charge on any atom is 0.323 e. The molecule has 7 heteroatoms. The van der Waals surface area contributed by atoms with Crippen LogP contribution in [0.1, 0.15) is 0 Å². The lowest BCUT2D eigenvalue weighted by Crippen LogP contribution is -2.14. The molecule has 1 aromatic carbocycles. The van der Waals surface area contributed by atoms with Crippen LogP contribution in [0.2, 0.25) is 0 Å². The number of benzene rings is 1. The van der Waals surface area contributed by atoms with E-state index in [1.54, 1.807) is 6.07 Å². The second-order valence-corrected chi connectivity index (χ2v) is 5.18. The summed E-state index contributed by atoms with van der Waals surface area (Å²) in [5, 5.41) is 0. The lowest BCUT2D eigenvalue weighted by atomic mass is 10.4. The summed E-state index contributed by atoms with van der Waals surface area (Å²) in [7, 11) is -4.04. The second kappa shape index (κ2) is 5.36. The topological polar surface area (TPSA) is 46.5 Å². The molecule has 0 saturated carbocycles. The highest BCUT2D eigenvalue weighted by Gasteiger charge is 2.25. The highest BCUT2D eigenvalue weighted by atomic mass is 35.5. The van der Waals surface area contributed by atoms with Gasteiger partial charge in [0.2, 0.25) is 0 Å². The van der Waals surface area contributed by atoms with Gasteiger partial charge in [0.25, 0.3) is 5.91 Å². The zero-order valence-electron chi connectivity index (χ0n) is 7.98. The summed E-state index contributed by atoms with van der Waals surface area (Å²) in [5.41, 5.74) is 0. The molecule has 3 nitrogen and oxygen atoms in total. The molecule has 0 saturated heterocycles. The smallest absolute Gasteiger partial charge is 0.271 e. The SMILES string of the molecule is O=C(CCl)N=S(=O)(c1ccccc1)C(F)F. The van der Waals surface area contributed by atoms with Crippen molar-refractivity contribution in [2.45, 2.75) is 10.7 Å². The first-order valence-electron chi connectivity index (χ1n) is 4.18. The van der Waals surface area contributed by atoms with E-state index < -0.39 is 27.3 Å². The third-order valence-corrected chi connectivity index (χ3v) is 3.81. The van der Waals surface area contributed by atoms with Gasteiger partial charge in [0.1, 0.15) is 15.6 Å². The highest BCUT2D eigenvalue weighted by Crippen LogP contribution is 2.21. The van der Waals surface area contributed by atoms with Gasteiger partial charge in [0.05, 0.1) is 4.90 Å². The molecule has 0 heterocycles. The van der Waals surface area contributed by atoms with Crippen molar-refractivity contribution < 1.29 is 17.8 Å². The Hall–Kier alpha value is -1.01. The first-order valence-corrected chi connectivity index (χ1v) is 6.30. The first kappa shape index (κ1) is 13.1. The van der Waals surface area contributed by atoms with Crippen molar-refractivity contribution in [1.82, 2.24) is 0 Å². The largest absolute Gasteiger partial charge is 0.323 e. The molecule has 1 atom stereocenters. The van der Waals surface area contributed by atoms with Crippen LogP contribution in [0.25, 0.3) is 0 Å². The number of halogens is 3. The van der Waals surface area contributed by atoms with Gasteiger partial charge in [-0.15, -0.1) is 11.6 Å². The minimum atomic E-state index is -4.04. The molecule has 0 fully saturated rings. The lowest BCUT2D eigenvalue weighted by Gasteiger charge is -2.07. The second-order valence-electron chi connectivity index (χ2n) is 2.76. The van der Waals surface area contributed by atoms with Crippen LogP contribution in [0.5, 0.6) is 0 Å². The molecule has 0 radical (unpaired) electrons. The summed E-state index contributed by atoms with van der Waals surface area (Å²) in [5.74, 6) is -4.82. The molecule has 0 aromatic heterocycles. The Bertz CT molecular complexity index is 484. The summed E-state index contributed by atoms with van der Waals surface area (Å²) in [6.45, 7) is 0. The fourth-order valence-electron chi connectivity index (χ4n) is 0.987. The van der Waals surface area contributed by atoms with Crippen molar-refractivity contribution >= 4 is 27.2 Å². The Balaban J connectivity index is 3.35. The van der Waals surface area contributed by atoms with Gasteiger partial charge in [-0.1, -0.05) is 18.2 Å². The van der Waals surface area contributed by atoms with E-state index >= 15 is 0 Å². The van der Waals surface area contributed by atoms with Crippen molar-refractivity contribution in [2.75, 3.05) is 5.88 Å². The molecule has 1 aromatic rings. The van der Waals surface area contributed by atoms with E-state index in [0.29, 0.717) is 0 Å². The van der Waals surface area contributed by atoms with Crippen molar-refractivity contribution in [3.8, 4) is 0 Å². The Morgan fingerprint density at radius 1 is 1.38 bits per heavy atom. The van der Waals surface area contributed by atoms with Gasteiger partial charge in [0.15, 0.2) is 0 Å². The van der Waals surface area contributed by atoms with Crippen molar-refractivity contribution in [1.29, 1.82) is 0 Å². The summed E-state index contributed by atoms with van der Waals surface area (Å²) in [6.07, 6.45) is 0.